The van der Waals surface area contributed by atoms with Crippen LogP contribution in [0.3, 0.4) is 0 Å². The average Bonchev–Trinajstić information content (AvgIpc) is 2.44. The summed E-state index contributed by atoms with van der Waals surface area (Å²) in [7, 11) is 0. The Morgan fingerprint density at radius 2 is 1.80 bits per heavy atom. The topological polar surface area (TPSA) is 12.0 Å². The van der Waals surface area contributed by atoms with Crippen LogP contribution in [-0.2, 0) is 0 Å². The summed E-state index contributed by atoms with van der Waals surface area (Å²) in [4.78, 5) is 1.32. The van der Waals surface area contributed by atoms with Gasteiger partial charge in [-0.15, -0.1) is 11.8 Å². The Balaban J connectivity index is 2.18. The molecule has 106 valence electrons. The van der Waals surface area contributed by atoms with Gasteiger partial charge < -0.3 is 5.32 Å². The van der Waals surface area contributed by atoms with Gasteiger partial charge >= 0.3 is 0 Å². The number of rotatable bonds is 5. The van der Waals surface area contributed by atoms with Crippen molar-refractivity contribution >= 4 is 17.4 Å². The van der Waals surface area contributed by atoms with Gasteiger partial charge in [0, 0.05) is 16.6 Å². The highest BCUT2D eigenvalue weighted by atomic mass is 32.2. The largest absolute Gasteiger partial charge is 0.378 e. The van der Waals surface area contributed by atoms with Crippen molar-refractivity contribution in [3.8, 4) is 0 Å². The summed E-state index contributed by atoms with van der Waals surface area (Å²) in [6.07, 6.45) is 0. The molecule has 0 saturated carbocycles. The highest BCUT2D eigenvalue weighted by Gasteiger charge is 2.09. The zero-order chi connectivity index (χ0) is 14.5. The number of nitrogens with one attached hydrogen (secondary N) is 1. The number of aryl methyl sites for hydroxylation is 2. The lowest BCUT2D eigenvalue weighted by Gasteiger charge is -2.19. The third kappa shape index (κ3) is 3.57. The van der Waals surface area contributed by atoms with Crippen LogP contribution in [0.15, 0.2) is 47.4 Å². The smallest absolute Gasteiger partial charge is 0.0486 e. The molecule has 0 amide bonds. The molecule has 0 aliphatic heterocycles. The Labute approximate surface area is 126 Å². The van der Waals surface area contributed by atoms with E-state index in [-0.39, 0.29) is 0 Å². The van der Waals surface area contributed by atoms with Gasteiger partial charge in [0.25, 0.3) is 0 Å². The maximum Gasteiger partial charge on any atom is 0.0486 e. The maximum absolute atomic E-state index is 3.64. The van der Waals surface area contributed by atoms with Crippen LogP contribution in [0.25, 0.3) is 0 Å². The van der Waals surface area contributed by atoms with Gasteiger partial charge in [0.1, 0.15) is 0 Å². The van der Waals surface area contributed by atoms with Crippen molar-refractivity contribution in [2.24, 2.45) is 0 Å². The van der Waals surface area contributed by atoms with E-state index in [1.807, 2.05) is 11.8 Å². The minimum Gasteiger partial charge on any atom is -0.378 e. The van der Waals surface area contributed by atoms with Gasteiger partial charge in [0.2, 0.25) is 0 Å². The molecule has 1 atom stereocenters. The molecule has 0 aromatic heterocycles. The molecule has 0 radical (unpaired) electrons. The molecule has 0 aliphatic rings. The minimum absolute atomic E-state index is 0.313. The van der Waals surface area contributed by atoms with Crippen molar-refractivity contribution in [1.82, 2.24) is 0 Å². The summed E-state index contributed by atoms with van der Waals surface area (Å²) in [5.74, 6) is 1.09. The highest BCUT2D eigenvalue weighted by molar-refractivity contribution is 7.99. The van der Waals surface area contributed by atoms with Crippen molar-refractivity contribution in [2.75, 3.05) is 11.1 Å². The van der Waals surface area contributed by atoms with Gasteiger partial charge in [0.15, 0.2) is 0 Å². The summed E-state index contributed by atoms with van der Waals surface area (Å²) in [5.41, 5.74) is 5.27. The molecule has 2 heteroatoms. The van der Waals surface area contributed by atoms with Gasteiger partial charge in [-0.3, -0.25) is 0 Å². The predicted octanol–water partition coefficient (Wildman–Crippen LogP) is 5.59. The molecular formula is C18H23NS. The summed E-state index contributed by atoms with van der Waals surface area (Å²) in [6, 6.07) is 15.6. The second-order valence-corrected chi connectivity index (χ2v) is 6.44. The van der Waals surface area contributed by atoms with Gasteiger partial charge in [-0.25, -0.2) is 0 Å². The molecule has 20 heavy (non-hydrogen) atoms. The lowest BCUT2D eigenvalue weighted by atomic mass is 10.0. The monoisotopic (exact) mass is 285 g/mol. The molecule has 0 heterocycles. The van der Waals surface area contributed by atoms with Crippen LogP contribution in [0.2, 0.25) is 0 Å². The first-order valence-corrected chi connectivity index (χ1v) is 8.16. The van der Waals surface area contributed by atoms with Crippen molar-refractivity contribution < 1.29 is 0 Å². The van der Waals surface area contributed by atoms with E-state index >= 15 is 0 Å². The van der Waals surface area contributed by atoms with E-state index in [1.165, 1.54) is 27.3 Å². The first-order chi connectivity index (χ1) is 9.61. The first kappa shape index (κ1) is 15.0. The third-order valence-corrected chi connectivity index (χ3v) is 4.55. The summed E-state index contributed by atoms with van der Waals surface area (Å²) in [5, 5.41) is 3.64. The van der Waals surface area contributed by atoms with E-state index in [1.54, 1.807) is 0 Å². The lowest BCUT2D eigenvalue weighted by Crippen LogP contribution is -2.07. The maximum atomic E-state index is 3.64. The molecule has 1 unspecified atom stereocenters. The fraction of sp³-hybridized carbons (Fsp3) is 0.333. The van der Waals surface area contributed by atoms with Crippen LogP contribution in [0.1, 0.15) is 36.6 Å². The Hall–Kier alpha value is -1.41. The second kappa shape index (κ2) is 6.85. The zero-order valence-corrected chi connectivity index (χ0v) is 13.6. The molecule has 1 nitrogen and oxygen atoms in total. The van der Waals surface area contributed by atoms with Crippen LogP contribution in [0.5, 0.6) is 0 Å². The minimum atomic E-state index is 0.313. The molecule has 0 aliphatic carbocycles. The predicted molar refractivity (Wildman–Crippen MR) is 90.8 cm³/mol. The third-order valence-electron chi connectivity index (χ3n) is 3.59. The van der Waals surface area contributed by atoms with Crippen LogP contribution < -0.4 is 5.32 Å². The molecule has 1 N–H and O–H groups in total. The standard InChI is InChI=1S/C18H23NS/c1-5-20-18-9-7-6-8-17(18)19-15(4)16-11-10-13(2)14(3)12-16/h6-12,15,19H,5H2,1-4H3. The van der Waals surface area contributed by atoms with Gasteiger partial charge in [-0.1, -0.05) is 37.3 Å². The van der Waals surface area contributed by atoms with E-state index in [9.17, 15) is 0 Å². The van der Waals surface area contributed by atoms with E-state index in [0.29, 0.717) is 6.04 Å². The summed E-state index contributed by atoms with van der Waals surface area (Å²) >= 11 is 1.88. The van der Waals surface area contributed by atoms with Crippen LogP contribution in [-0.4, -0.2) is 5.75 Å². The summed E-state index contributed by atoms with van der Waals surface area (Å²) < 4.78 is 0. The van der Waals surface area contributed by atoms with Crippen molar-refractivity contribution in [3.63, 3.8) is 0 Å². The Kier molecular flexibility index (Phi) is 5.13. The second-order valence-electron chi connectivity index (χ2n) is 5.14. The van der Waals surface area contributed by atoms with E-state index in [0.717, 1.165) is 5.75 Å². The lowest BCUT2D eigenvalue weighted by molar-refractivity contribution is 0.876. The average molecular weight is 285 g/mol. The first-order valence-electron chi connectivity index (χ1n) is 7.17. The van der Waals surface area contributed by atoms with Crippen LogP contribution in [0.4, 0.5) is 5.69 Å². The number of benzene rings is 2. The zero-order valence-electron chi connectivity index (χ0n) is 12.7. The van der Waals surface area contributed by atoms with E-state index in [2.05, 4.69) is 75.5 Å². The molecule has 2 aromatic rings. The number of hydrogen-bond acceptors (Lipinski definition) is 2. The van der Waals surface area contributed by atoms with Gasteiger partial charge in [0.05, 0.1) is 0 Å². The molecule has 2 aromatic carbocycles. The van der Waals surface area contributed by atoms with Crippen molar-refractivity contribution in [2.45, 2.75) is 38.6 Å². The molecule has 0 fully saturated rings. The van der Waals surface area contributed by atoms with Crippen molar-refractivity contribution in [3.05, 3.63) is 59.2 Å². The molecular weight excluding hydrogens is 262 g/mol. The molecule has 0 bridgehead atoms. The SMILES string of the molecule is CCSc1ccccc1NC(C)c1ccc(C)c(C)c1. The normalized spacial score (nSPS) is 12.2. The van der Waals surface area contributed by atoms with Crippen LogP contribution in [0, 0.1) is 13.8 Å². The number of thioether (sulfide) groups is 1. The number of anilines is 1. The van der Waals surface area contributed by atoms with E-state index < -0.39 is 0 Å². The molecule has 0 saturated heterocycles. The van der Waals surface area contributed by atoms with E-state index in [4.69, 9.17) is 0 Å². The summed E-state index contributed by atoms with van der Waals surface area (Å²) in [6.45, 7) is 8.74. The van der Waals surface area contributed by atoms with Crippen molar-refractivity contribution in [1.29, 1.82) is 0 Å². The fourth-order valence-electron chi connectivity index (χ4n) is 2.22. The van der Waals surface area contributed by atoms with Gasteiger partial charge in [-0.2, -0.15) is 0 Å². The fourth-order valence-corrected chi connectivity index (χ4v) is 2.99. The molecule has 0 spiro atoms. The Bertz CT molecular complexity index is 577. The number of hydrogen-bond donors (Lipinski definition) is 1. The Morgan fingerprint density at radius 1 is 1.05 bits per heavy atom. The number of para-hydroxylation sites is 1. The molecule has 2 rings (SSSR count). The highest BCUT2D eigenvalue weighted by Crippen LogP contribution is 2.30. The van der Waals surface area contributed by atoms with Gasteiger partial charge in [-0.05, 0) is 55.3 Å². The van der Waals surface area contributed by atoms with Crippen LogP contribution >= 0.6 is 11.8 Å². The Morgan fingerprint density at radius 3 is 2.50 bits per heavy atom. The quantitative estimate of drug-likeness (QED) is 0.719.